The molecular weight excluding hydrogens is 226 g/mol. The molecule has 0 spiro atoms. The zero-order valence-electron chi connectivity index (χ0n) is 11.3. The third-order valence-electron chi connectivity index (χ3n) is 3.13. The lowest BCUT2D eigenvalue weighted by Crippen LogP contribution is -2.24. The summed E-state index contributed by atoms with van der Waals surface area (Å²) in [5, 5.41) is 7.68. The molecule has 0 aliphatic heterocycles. The molecule has 0 saturated heterocycles. The summed E-state index contributed by atoms with van der Waals surface area (Å²) in [6.07, 6.45) is 6.88. The van der Waals surface area contributed by atoms with Crippen LogP contribution in [0.1, 0.15) is 33.0 Å². The zero-order chi connectivity index (χ0) is 13.0. The van der Waals surface area contributed by atoms with Crippen LogP contribution in [-0.2, 0) is 13.1 Å². The first-order valence-electron chi connectivity index (χ1n) is 6.53. The second-order valence-electron chi connectivity index (χ2n) is 4.52. The molecule has 0 aliphatic carbocycles. The van der Waals surface area contributed by atoms with Crippen molar-refractivity contribution in [2.75, 3.05) is 0 Å². The highest BCUT2D eigenvalue weighted by atomic mass is 15.3. The van der Waals surface area contributed by atoms with E-state index >= 15 is 0 Å². The maximum absolute atomic E-state index is 4.38. The Morgan fingerprint density at radius 1 is 1.39 bits per heavy atom. The van der Waals surface area contributed by atoms with Crippen molar-refractivity contribution in [1.29, 1.82) is 0 Å². The summed E-state index contributed by atoms with van der Waals surface area (Å²) < 4.78 is 1.91. The van der Waals surface area contributed by atoms with Crippen LogP contribution in [0.25, 0.3) is 11.3 Å². The Bertz CT molecular complexity index is 485. The van der Waals surface area contributed by atoms with Crippen LogP contribution in [-0.4, -0.2) is 25.8 Å². The highest BCUT2D eigenvalue weighted by Gasteiger charge is 2.06. The molecule has 2 N–H and O–H groups in total. The minimum absolute atomic E-state index is 0.515. The Balaban J connectivity index is 2.01. The summed E-state index contributed by atoms with van der Waals surface area (Å²) in [6, 6.07) is 0.515. The summed E-state index contributed by atoms with van der Waals surface area (Å²) in [7, 11) is 0. The van der Waals surface area contributed by atoms with Crippen molar-refractivity contribution in [2.45, 2.75) is 46.3 Å². The summed E-state index contributed by atoms with van der Waals surface area (Å²) in [4.78, 5) is 7.70. The molecule has 5 nitrogen and oxygen atoms in total. The number of imidazole rings is 1. The van der Waals surface area contributed by atoms with Gasteiger partial charge >= 0.3 is 0 Å². The number of nitrogens with zero attached hydrogens (tertiary/aromatic N) is 3. The molecule has 0 saturated carbocycles. The van der Waals surface area contributed by atoms with Gasteiger partial charge in [-0.25, -0.2) is 4.98 Å². The number of H-pyrrole nitrogens is 1. The van der Waals surface area contributed by atoms with Gasteiger partial charge in [0, 0.05) is 24.3 Å². The topological polar surface area (TPSA) is 58.5 Å². The molecule has 2 aromatic heterocycles. The maximum Gasteiger partial charge on any atom is 0.120 e. The number of nitrogens with one attached hydrogen (secondary N) is 2. The van der Waals surface area contributed by atoms with Crippen LogP contribution in [0.15, 0.2) is 18.6 Å². The highest BCUT2D eigenvalue weighted by molar-refractivity contribution is 5.55. The van der Waals surface area contributed by atoms with E-state index in [1.54, 1.807) is 0 Å². The largest absolute Gasteiger partial charge is 0.341 e. The van der Waals surface area contributed by atoms with E-state index in [0.717, 1.165) is 36.6 Å². The third kappa shape index (κ3) is 2.98. The first-order chi connectivity index (χ1) is 8.72. The van der Waals surface area contributed by atoms with Gasteiger partial charge in [0.1, 0.15) is 5.82 Å². The molecule has 1 unspecified atom stereocenters. The molecule has 5 heteroatoms. The fourth-order valence-corrected chi connectivity index (χ4v) is 1.69. The predicted molar refractivity (Wildman–Crippen MR) is 72.1 cm³/mol. The van der Waals surface area contributed by atoms with Crippen LogP contribution >= 0.6 is 0 Å². The molecule has 0 amide bonds. The lowest BCUT2D eigenvalue weighted by atomic mass is 10.2. The Morgan fingerprint density at radius 2 is 2.22 bits per heavy atom. The summed E-state index contributed by atoms with van der Waals surface area (Å²) in [5.74, 6) is 0.967. The summed E-state index contributed by atoms with van der Waals surface area (Å²) in [6.45, 7) is 8.08. The van der Waals surface area contributed by atoms with Gasteiger partial charge in [0.15, 0.2) is 0 Å². The van der Waals surface area contributed by atoms with Gasteiger partial charge < -0.3 is 10.3 Å². The van der Waals surface area contributed by atoms with Gasteiger partial charge in [0.25, 0.3) is 0 Å². The van der Waals surface area contributed by atoms with Gasteiger partial charge in [-0.05, 0) is 20.3 Å². The van der Waals surface area contributed by atoms with Crippen LogP contribution in [0.3, 0.4) is 0 Å². The smallest absolute Gasteiger partial charge is 0.120 e. The van der Waals surface area contributed by atoms with Gasteiger partial charge in [0.2, 0.25) is 0 Å². The van der Waals surface area contributed by atoms with Crippen molar-refractivity contribution in [3.63, 3.8) is 0 Å². The van der Waals surface area contributed by atoms with Crippen molar-refractivity contribution >= 4 is 0 Å². The molecule has 0 radical (unpaired) electrons. The first kappa shape index (κ1) is 12.8. The SMILES string of the molecule is CCC(C)NCc1ncc(-c2cnn(CC)c2)[nH]1. The van der Waals surface area contributed by atoms with Crippen LogP contribution in [0.2, 0.25) is 0 Å². The number of aromatic amines is 1. The maximum atomic E-state index is 4.38. The first-order valence-corrected chi connectivity index (χ1v) is 6.53. The lowest BCUT2D eigenvalue weighted by molar-refractivity contribution is 0.525. The minimum Gasteiger partial charge on any atom is -0.341 e. The number of hydrogen-bond donors (Lipinski definition) is 2. The average Bonchev–Trinajstić information content (AvgIpc) is 3.03. The zero-order valence-corrected chi connectivity index (χ0v) is 11.3. The number of aromatic nitrogens is 4. The molecule has 98 valence electrons. The van der Waals surface area contributed by atoms with Crippen molar-refractivity contribution in [2.24, 2.45) is 0 Å². The second kappa shape index (κ2) is 5.82. The Morgan fingerprint density at radius 3 is 2.89 bits per heavy atom. The quantitative estimate of drug-likeness (QED) is 0.822. The van der Waals surface area contributed by atoms with Gasteiger partial charge in [-0.3, -0.25) is 4.68 Å². The van der Waals surface area contributed by atoms with Crippen LogP contribution in [0, 0.1) is 0 Å². The Kier molecular flexibility index (Phi) is 4.15. The predicted octanol–water partition coefficient (Wildman–Crippen LogP) is 2.18. The molecular formula is C13H21N5. The fraction of sp³-hybridized carbons (Fsp3) is 0.538. The number of hydrogen-bond acceptors (Lipinski definition) is 3. The molecule has 0 aromatic carbocycles. The average molecular weight is 247 g/mol. The van der Waals surface area contributed by atoms with E-state index in [4.69, 9.17) is 0 Å². The molecule has 2 heterocycles. The number of rotatable bonds is 6. The van der Waals surface area contributed by atoms with E-state index in [2.05, 4.69) is 41.2 Å². The van der Waals surface area contributed by atoms with E-state index in [1.165, 1.54) is 0 Å². The van der Waals surface area contributed by atoms with Crippen LogP contribution in [0.5, 0.6) is 0 Å². The third-order valence-corrected chi connectivity index (χ3v) is 3.13. The molecule has 0 fully saturated rings. The van der Waals surface area contributed by atoms with Crippen molar-refractivity contribution in [3.05, 3.63) is 24.4 Å². The molecule has 1 atom stereocenters. The summed E-state index contributed by atoms with van der Waals surface area (Å²) >= 11 is 0. The van der Waals surface area contributed by atoms with Crippen LogP contribution < -0.4 is 5.32 Å². The number of aryl methyl sites for hydroxylation is 1. The monoisotopic (exact) mass is 247 g/mol. The van der Waals surface area contributed by atoms with Gasteiger partial charge in [-0.15, -0.1) is 0 Å². The highest BCUT2D eigenvalue weighted by Crippen LogP contribution is 2.15. The minimum atomic E-state index is 0.515. The molecule has 0 aliphatic rings. The van der Waals surface area contributed by atoms with Crippen LogP contribution in [0.4, 0.5) is 0 Å². The molecule has 0 bridgehead atoms. The molecule has 2 rings (SSSR count). The Labute approximate surface area is 108 Å². The van der Waals surface area contributed by atoms with Crippen molar-refractivity contribution in [1.82, 2.24) is 25.1 Å². The normalized spacial score (nSPS) is 12.8. The van der Waals surface area contributed by atoms with E-state index in [9.17, 15) is 0 Å². The summed E-state index contributed by atoms with van der Waals surface area (Å²) in [5.41, 5.74) is 2.11. The van der Waals surface area contributed by atoms with E-state index < -0.39 is 0 Å². The van der Waals surface area contributed by atoms with Gasteiger partial charge in [-0.2, -0.15) is 5.10 Å². The van der Waals surface area contributed by atoms with E-state index in [0.29, 0.717) is 6.04 Å². The fourth-order valence-electron chi connectivity index (χ4n) is 1.69. The van der Waals surface area contributed by atoms with E-state index in [1.807, 2.05) is 23.3 Å². The standard InChI is InChI=1S/C13H21N5/c1-4-10(3)14-8-13-15-7-12(17-13)11-6-16-18(5-2)9-11/h6-7,9-10,14H,4-5,8H2,1-3H3,(H,15,17). The van der Waals surface area contributed by atoms with Gasteiger partial charge in [-0.1, -0.05) is 6.92 Å². The molecule has 2 aromatic rings. The van der Waals surface area contributed by atoms with E-state index in [-0.39, 0.29) is 0 Å². The molecule has 18 heavy (non-hydrogen) atoms. The Hall–Kier alpha value is -1.62. The van der Waals surface area contributed by atoms with Crippen molar-refractivity contribution in [3.8, 4) is 11.3 Å². The van der Waals surface area contributed by atoms with Crippen molar-refractivity contribution < 1.29 is 0 Å². The lowest BCUT2D eigenvalue weighted by Gasteiger charge is -2.08. The second-order valence-corrected chi connectivity index (χ2v) is 4.52. The van der Waals surface area contributed by atoms with Gasteiger partial charge in [0.05, 0.1) is 24.6 Å².